The first kappa shape index (κ1) is 12.7. The Morgan fingerprint density at radius 2 is 2.05 bits per heavy atom. The fraction of sp³-hybridized carbons (Fsp3) is 0.571. The van der Waals surface area contributed by atoms with Gasteiger partial charge in [-0.1, -0.05) is 19.0 Å². The number of aromatic nitrogens is 2. The Morgan fingerprint density at radius 3 is 2.68 bits per heavy atom. The summed E-state index contributed by atoms with van der Waals surface area (Å²) in [6.45, 7) is 4.67. The van der Waals surface area contributed by atoms with Gasteiger partial charge in [-0.15, -0.1) is 11.3 Å². The fourth-order valence-corrected chi connectivity index (χ4v) is 3.32. The van der Waals surface area contributed by atoms with E-state index in [-0.39, 0.29) is 0 Å². The number of rotatable bonds is 2. The van der Waals surface area contributed by atoms with E-state index in [1.165, 1.54) is 24.2 Å². The lowest BCUT2D eigenvalue weighted by Gasteiger charge is -2.32. The highest BCUT2D eigenvalue weighted by molar-refractivity contribution is 7.19. The molecule has 0 unspecified atom stereocenters. The lowest BCUT2D eigenvalue weighted by Crippen LogP contribution is -2.20. The molecule has 0 radical (unpaired) electrons. The molecular formula is C14H19N3OS. The first-order chi connectivity index (χ1) is 9.03. The standard InChI is InChI=1S/C14H19N3OS/c1-14(2)7-5-9(6-8-14)12-16-13(18-17-12)10-3-4-11(15)19-10/h3-4,9H,5-8,15H2,1-2H3. The van der Waals surface area contributed by atoms with Crippen LogP contribution < -0.4 is 5.73 Å². The zero-order valence-corrected chi connectivity index (χ0v) is 12.2. The summed E-state index contributed by atoms with van der Waals surface area (Å²) in [6.07, 6.45) is 4.76. The molecule has 19 heavy (non-hydrogen) atoms. The number of anilines is 1. The molecule has 0 aromatic carbocycles. The predicted molar refractivity (Wildman–Crippen MR) is 77.0 cm³/mol. The van der Waals surface area contributed by atoms with E-state index in [2.05, 4.69) is 24.0 Å². The maximum absolute atomic E-state index is 5.72. The number of hydrogen-bond donors (Lipinski definition) is 1. The van der Waals surface area contributed by atoms with Crippen LogP contribution in [0.3, 0.4) is 0 Å². The van der Waals surface area contributed by atoms with Gasteiger partial charge in [0.25, 0.3) is 5.89 Å². The summed E-state index contributed by atoms with van der Waals surface area (Å²) < 4.78 is 5.36. The maximum Gasteiger partial charge on any atom is 0.268 e. The van der Waals surface area contributed by atoms with Crippen LogP contribution in [0.25, 0.3) is 10.8 Å². The van der Waals surface area contributed by atoms with E-state index in [1.54, 1.807) is 0 Å². The average Bonchev–Trinajstić information content (AvgIpc) is 2.97. The third-order valence-electron chi connectivity index (χ3n) is 3.98. The molecular weight excluding hydrogens is 258 g/mol. The van der Waals surface area contributed by atoms with E-state index in [0.29, 0.717) is 17.2 Å². The molecule has 1 aliphatic carbocycles. The Hall–Kier alpha value is -1.36. The topological polar surface area (TPSA) is 64.9 Å². The molecule has 2 aromatic heterocycles. The normalized spacial score (nSPS) is 19.7. The van der Waals surface area contributed by atoms with Gasteiger partial charge in [0.1, 0.15) is 0 Å². The molecule has 102 valence electrons. The van der Waals surface area contributed by atoms with Crippen LogP contribution in [-0.4, -0.2) is 10.1 Å². The predicted octanol–water partition coefficient (Wildman–Crippen LogP) is 4.06. The summed E-state index contributed by atoms with van der Waals surface area (Å²) in [5, 5.41) is 4.93. The third kappa shape index (κ3) is 2.66. The van der Waals surface area contributed by atoms with Gasteiger partial charge in [-0.05, 0) is 43.2 Å². The van der Waals surface area contributed by atoms with Crippen molar-refractivity contribution in [1.82, 2.24) is 10.1 Å². The number of nitrogens with zero attached hydrogens (tertiary/aromatic N) is 2. The highest BCUT2D eigenvalue weighted by atomic mass is 32.1. The Morgan fingerprint density at radius 1 is 1.32 bits per heavy atom. The molecule has 0 saturated heterocycles. The van der Waals surface area contributed by atoms with Crippen molar-refractivity contribution in [3.8, 4) is 10.8 Å². The van der Waals surface area contributed by atoms with Gasteiger partial charge in [0.2, 0.25) is 0 Å². The zero-order valence-electron chi connectivity index (χ0n) is 11.3. The first-order valence-corrected chi connectivity index (χ1v) is 7.54. The largest absolute Gasteiger partial charge is 0.391 e. The maximum atomic E-state index is 5.72. The summed E-state index contributed by atoms with van der Waals surface area (Å²) in [5.74, 6) is 1.90. The molecule has 0 bridgehead atoms. The lowest BCUT2D eigenvalue weighted by molar-refractivity contribution is 0.218. The van der Waals surface area contributed by atoms with Crippen molar-refractivity contribution in [3.63, 3.8) is 0 Å². The molecule has 2 heterocycles. The Bertz CT molecular complexity index is 563. The monoisotopic (exact) mass is 277 g/mol. The van der Waals surface area contributed by atoms with E-state index in [0.717, 1.165) is 28.5 Å². The van der Waals surface area contributed by atoms with Gasteiger partial charge in [0, 0.05) is 5.92 Å². The lowest BCUT2D eigenvalue weighted by atomic mass is 9.73. The van der Waals surface area contributed by atoms with Crippen molar-refractivity contribution in [2.75, 3.05) is 5.73 Å². The van der Waals surface area contributed by atoms with Crippen LogP contribution >= 0.6 is 11.3 Å². The highest BCUT2D eigenvalue weighted by Crippen LogP contribution is 2.42. The van der Waals surface area contributed by atoms with E-state index in [9.17, 15) is 0 Å². The number of nitrogen functional groups attached to an aromatic ring is 1. The van der Waals surface area contributed by atoms with Gasteiger partial charge in [0.15, 0.2) is 5.82 Å². The van der Waals surface area contributed by atoms with Crippen molar-refractivity contribution in [2.45, 2.75) is 45.4 Å². The van der Waals surface area contributed by atoms with Crippen LogP contribution in [0.4, 0.5) is 5.00 Å². The molecule has 4 nitrogen and oxygen atoms in total. The Kier molecular flexibility index (Phi) is 3.09. The van der Waals surface area contributed by atoms with Crippen molar-refractivity contribution in [1.29, 1.82) is 0 Å². The van der Waals surface area contributed by atoms with Gasteiger partial charge >= 0.3 is 0 Å². The van der Waals surface area contributed by atoms with Crippen molar-refractivity contribution in [2.24, 2.45) is 5.41 Å². The van der Waals surface area contributed by atoms with Crippen LogP contribution in [0.5, 0.6) is 0 Å². The van der Waals surface area contributed by atoms with Crippen LogP contribution in [-0.2, 0) is 0 Å². The minimum atomic E-state index is 0.447. The molecule has 5 heteroatoms. The van der Waals surface area contributed by atoms with Crippen LogP contribution in [0.15, 0.2) is 16.7 Å². The Labute approximate surface area is 117 Å². The van der Waals surface area contributed by atoms with E-state index >= 15 is 0 Å². The van der Waals surface area contributed by atoms with Crippen LogP contribution in [0, 0.1) is 5.41 Å². The summed E-state index contributed by atoms with van der Waals surface area (Å²) in [6, 6.07) is 3.80. The Balaban J connectivity index is 1.75. The second-order valence-corrected chi connectivity index (χ2v) is 7.21. The van der Waals surface area contributed by atoms with Crippen molar-refractivity contribution in [3.05, 3.63) is 18.0 Å². The van der Waals surface area contributed by atoms with Crippen LogP contribution in [0.1, 0.15) is 51.3 Å². The van der Waals surface area contributed by atoms with Crippen LogP contribution in [0.2, 0.25) is 0 Å². The number of hydrogen-bond acceptors (Lipinski definition) is 5. The molecule has 1 fully saturated rings. The molecule has 0 amide bonds. The minimum Gasteiger partial charge on any atom is -0.391 e. The molecule has 2 aromatic rings. The summed E-state index contributed by atoms with van der Waals surface area (Å²) in [5.41, 5.74) is 6.19. The second-order valence-electron chi connectivity index (χ2n) is 6.10. The molecule has 0 spiro atoms. The second kappa shape index (κ2) is 4.63. The molecule has 2 N–H and O–H groups in total. The quantitative estimate of drug-likeness (QED) is 0.898. The zero-order chi connectivity index (χ0) is 13.5. The minimum absolute atomic E-state index is 0.447. The summed E-state index contributed by atoms with van der Waals surface area (Å²) in [7, 11) is 0. The SMILES string of the molecule is CC1(C)CCC(c2noc(-c3ccc(N)s3)n2)CC1. The number of nitrogens with two attached hydrogens (primary N) is 1. The van der Waals surface area contributed by atoms with Gasteiger partial charge in [-0.3, -0.25) is 0 Å². The average molecular weight is 277 g/mol. The smallest absolute Gasteiger partial charge is 0.268 e. The fourth-order valence-electron chi connectivity index (χ4n) is 2.63. The molecule has 0 atom stereocenters. The molecule has 0 aliphatic heterocycles. The summed E-state index contributed by atoms with van der Waals surface area (Å²) >= 11 is 1.48. The summed E-state index contributed by atoms with van der Waals surface area (Å²) in [4.78, 5) is 5.49. The highest BCUT2D eigenvalue weighted by Gasteiger charge is 2.30. The molecule has 1 aliphatic rings. The number of thiophene rings is 1. The van der Waals surface area contributed by atoms with Gasteiger partial charge in [0.05, 0.1) is 9.88 Å². The van der Waals surface area contributed by atoms with Crippen molar-refractivity contribution >= 4 is 16.3 Å². The first-order valence-electron chi connectivity index (χ1n) is 6.73. The van der Waals surface area contributed by atoms with Gasteiger partial charge < -0.3 is 10.3 Å². The molecule has 1 saturated carbocycles. The van der Waals surface area contributed by atoms with E-state index in [1.807, 2.05) is 12.1 Å². The van der Waals surface area contributed by atoms with Gasteiger partial charge in [-0.2, -0.15) is 4.98 Å². The van der Waals surface area contributed by atoms with E-state index < -0.39 is 0 Å². The molecule has 3 rings (SSSR count). The van der Waals surface area contributed by atoms with Crippen molar-refractivity contribution < 1.29 is 4.52 Å². The third-order valence-corrected chi connectivity index (χ3v) is 4.89. The van der Waals surface area contributed by atoms with Gasteiger partial charge in [-0.25, -0.2) is 0 Å². The van der Waals surface area contributed by atoms with E-state index in [4.69, 9.17) is 10.3 Å².